The van der Waals surface area contributed by atoms with Gasteiger partial charge in [0.2, 0.25) is 0 Å². The Balaban J connectivity index is 1.97. The zero-order chi connectivity index (χ0) is 11.0. The largest absolute Gasteiger partial charge is 0.399 e. The van der Waals surface area contributed by atoms with Crippen molar-refractivity contribution in [3.8, 4) is 0 Å². The number of benzene rings is 1. The summed E-state index contributed by atoms with van der Waals surface area (Å²) in [4.78, 5) is 8.03. The minimum Gasteiger partial charge on any atom is -0.399 e. The first-order chi connectivity index (χ1) is 7.83. The average molecular weight is 216 g/mol. The lowest BCUT2D eigenvalue weighted by atomic mass is 9.98. The molecular formula is C12H16N4. The van der Waals surface area contributed by atoms with E-state index in [0.29, 0.717) is 5.92 Å². The third kappa shape index (κ3) is 1.65. The zero-order valence-electron chi connectivity index (χ0n) is 9.16. The van der Waals surface area contributed by atoms with Gasteiger partial charge in [-0.2, -0.15) is 0 Å². The molecular weight excluding hydrogens is 200 g/mol. The van der Waals surface area contributed by atoms with E-state index >= 15 is 0 Å². The van der Waals surface area contributed by atoms with Crippen LogP contribution in [0.5, 0.6) is 0 Å². The maximum Gasteiger partial charge on any atom is 0.110 e. The normalized spacial score (nSPS) is 18.0. The highest BCUT2D eigenvalue weighted by Gasteiger charge is 2.18. The quantitative estimate of drug-likeness (QED) is 0.634. The number of nitrogens with zero attached hydrogens (tertiary/aromatic N) is 1. The SMILES string of the molecule is Nc1ccc2nc(C3CCNCC3)[nH]c2c1. The van der Waals surface area contributed by atoms with Gasteiger partial charge in [0.1, 0.15) is 5.82 Å². The van der Waals surface area contributed by atoms with Crippen molar-refractivity contribution in [3.05, 3.63) is 24.0 Å². The van der Waals surface area contributed by atoms with Crippen molar-refractivity contribution in [1.29, 1.82) is 0 Å². The second-order valence-electron chi connectivity index (χ2n) is 4.42. The number of nitrogen functional groups attached to an aromatic ring is 1. The summed E-state index contributed by atoms with van der Waals surface area (Å²) in [6.45, 7) is 2.17. The summed E-state index contributed by atoms with van der Waals surface area (Å²) in [5.74, 6) is 1.68. The van der Waals surface area contributed by atoms with Crippen molar-refractivity contribution in [2.24, 2.45) is 0 Å². The maximum absolute atomic E-state index is 5.75. The van der Waals surface area contributed by atoms with Crippen LogP contribution in [0, 0.1) is 0 Å². The van der Waals surface area contributed by atoms with Crippen LogP contribution in [0.2, 0.25) is 0 Å². The van der Waals surface area contributed by atoms with E-state index in [9.17, 15) is 0 Å². The van der Waals surface area contributed by atoms with Crippen LogP contribution in [0.1, 0.15) is 24.6 Å². The summed E-state index contributed by atoms with van der Waals surface area (Å²) in [5.41, 5.74) is 8.60. The van der Waals surface area contributed by atoms with Crippen LogP contribution >= 0.6 is 0 Å². The number of rotatable bonds is 1. The van der Waals surface area contributed by atoms with Gasteiger partial charge in [-0.25, -0.2) is 4.98 Å². The molecule has 0 atom stereocenters. The average Bonchev–Trinajstić information content (AvgIpc) is 2.73. The standard InChI is InChI=1S/C12H16N4/c13-9-1-2-10-11(7-9)16-12(15-10)8-3-5-14-6-4-8/h1-2,7-8,14H,3-6,13H2,(H,15,16). The third-order valence-corrected chi connectivity index (χ3v) is 3.25. The number of aromatic amines is 1. The fourth-order valence-corrected chi connectivity index (χ4v) is 2.34. The van der Waals surface area contributed by atoms with E-state index in [0.717, 1.165) is 48.5 Å². The first kappa shape index (κ1) is 9.66. The van der Waals surface area contributed by atoms with Gasteiger partial charge in [-0.1, -0.05) is 0 Å². The lowest BCUT2D eigenvalue weighted by Crippen LogP contribution is -2.27. The number of nitrogens with two attached hydrogens (primary N) is 1. The lowest BCUT2D eigenvalue weighted by molar-refractivity contribution is 0.448. The predicted molar refractivity (Wildman–Crippen MR) is 65.4 cm³/mol. The molecule has 4 N–H and O–H groups in total. The van der Waals surface area contributed by atoms with E-state index in [4.69, 9.17) is 5.73 Å². The Bertz CT molecular complexity index is 497. The van der Waals surface area contributed by atoms with Crippen LogP contribution in [0.25, 0.3) is 11.0 Å². The predicted octanol–water partition coefficient (Wildman–Crippen LogP) is 1.61. The number of imidazole rings is 1. The van der Waals surface area contributed by atoms with Crippen LogP contribution in [-0.2, 0) is 0 Å². The van der Waals surface area contributed by atoms with Crippen molar-refractivity contribution >= 4 is 16.7 Å². The van der Waals surface area contributed by atoms with Crippen molar-refractivity contribution < 1.29 is 0 Å². The van der Waals surface area contributed by atoms with E-state index in [1.165, 1.54) is 0 Å². The smallest absolute Gasteiger partial charge is 0.110 e. The van der Waals surface area contributed by atoms with Gasteiger partial charge in [0.15, 0.2) is 0 Å². The fraction of sp³-hybridized carbons (Fsp3) is 0.417. The Kier molecular flexibility index (Phi) is 2.29. The van der Waals surface area contributed by atoms with E-state index < -0.39 is 0 Å². The number of H-pyrrole nitrogens is 1. The minimum atomic E-state index is 0.565. The van der Waals surface area contributed by atoms with Crippen LogP contribution in [-0.4, -0.2) is 23.1 Å². The molecule has 1 saturated heterocycles. The molecule has 0 spiro atoms. The molecule has 0 saturated carbocycles. The van der Waals surface area contributed by atoms with E-state index in [1.54, 1.807) is 0 Å². The summed E-state index contributed by atoms with van der Waals surface area (Å²) < 4.78 is 0. The first-order valence-corrected chi connectivity index (χ1v) is 5.79. The number of piperidine rings is 1. The first-order valence-electron chi connectivity index (χ1n) is 5.79. The molecule has 16 heavy (non-hydrogen) atoms. The summed E-state index contributed by atoms with van der Waals surface area (Å²) in [6, 6.07) is 5.83. The molecule has 0 bridgehead atoms. The molecule has 0 radical (unpaired) electrons. The molecule has 2 aromatic rings. The molecule has 84 valence electrons. The van der Waals surface area contributed by atoms with Gasteiger partial charge >= 0.3 is 0 Å². The monoisotopic (exact) mass is 216 g/mol. The summed E-state index contributed by atoms with van der Waals surface area (Å²) in [6.07, 6.45) is 2.32. The van der Waals surface area contributed by atoms with E-state index in [-0.39, 0.29) is 0 Å². The molecule has 4 nitrogen and oxygen atoms in total. The number of fused-ring (bicyclic) bond motifs is 1. The van der Waals surface area contributed by atoms with Gasteiger partial charge in [0.25, 0.3) is 0 Å². The number of aromatic nitrogens is 2. The van der Waals surface area contributed by atoms with Gasteiger partial charge in [-0.05, 0) is 44.1 Å². The Morgan fingerprint density at radius 2 is 2.06 bits per heavy atom. The molecule has 0 aliphatic carbocycles. The number of hydrogen-bond donors (Lipinski definition) is 3. The van der Waals surface area contributed by atoms with Crippen molar-refractivity contribution in [2.45, 2.75) is 18.8 Å². The van der Waals surface area contributed by atoms with Gasteiger partial charge in [0, 0.05) is 11.6 Å². The number of anilines is 1. The summed E-state index contributed by atoms with van der Waals surface area (Å²) in [7, 11) is 0. The van der Waals surface area contributed by atoms with Crippen LogP contribution in [0.3, 0.4) is 0 Å². The molecule has 1 aliphatic heterocycles. The van der Waals surface area contributed by atoms with Crippen LogP contribution in [0.15, 0.2) is 18.2 Å². The van der Waals surface area contributed by atoms with Gasteiger partial charge in [-0.3, -0.25) is 0 Å². The van der Waals surface area contributed by atoms with Crippen molar-refractivity contribution in [2.75, 3.05) is 18.8 Å². The van der Waals surface area contributed by atoms with Gasteiger partial charge in [0.05, 0.1) is 11.0 Å². The topological polar surface area (TPSA) is 66.7 Å². The van der Waals surface area contributed by atoms with Crippen LogP contribution in [0.4, 0.5) is 5.69 Å². The minimum absolute atomic E-state index is 0.565. The Labute approximate surface area is 94.3 Å². The van der Waals surface area contributed by atoms with E-state index in [1.807, 2.05) is 18.2 Å². The molecule has 1 aromatic carbocycles. The summed E-state index contributed by atoms with van der Waals surface area (Å²) in [5, 5.41) is 3.37. The maximum atomic E-state index is 5.75. The number of hydrogen-bond acceptors (Lipinski definition) is 3. The molecule has 4 heteroatoms. The lowest BCUT2D eigenvalue weighted by Gasteiger charge is -2.20. The van der Waals surface area contributed by atoms with Crippen molar-refractivity contribution in [3.63, 3.8) is 0 Å². The molecule has 1 fully saturated rings. The molecule has 3 rings (SSSR count). The van der Waals surface area contributed by atoms with Crippen molar-refractivity contribution in [1.82, 2.24) is 15.3 Å². The van der Waals surface area contributed by atoms with E-state index in [2.05, 4.69) is 15.3 Å². The molecule has 1 aliphatic rings. The Morgan fingerprint density at radius 1 is 1.25 bits per heavy atom. The highest BCUT2D eigenvalue weighted by molar-refractivity contribution is 5.78. The highest BCUT2D eigenvalue weighted by atomic mass is 14.9. The Hall–Kier alpha value is -1.55. The summed E-state index contributed by atoms with van der Waals surface area (Å²) >= 11 is 0. The second-order valence-corrected chi connectivity index (χ2v) is 4.42. The van der Waals surface area contributed by atoms with Gasteiger partial charge < -0.3 is 16.0 Å². The third-order valence-electron chi connectivity index (χ3n) is 3.25. The molecule has 0 unspecified atom stereocenters. The zero-order valence-corrected chi connectivity index (χ0v) is 9.16. The van der Waals surface area contributed by atoms with Crippen LogP contribution < -0.4 is 11.1 Å². The molecule has 2 heterocycles. The highest BCUT2D eigenvalue weighted by Crippen LogP contribution is 2.25. The fourth-order valence-electron chi connectivity index (χ4n) is 2.34. The second kappa shape index (κ2) is 3.79. The molecule has 1 aromatic heterocycles. The van der Waals surface area contributed by atoms with Gasteiger partial charge in [-0.15, -0.1) is 0 Å². The Morgan fingerprint density at radius 3 is 2.88 bits per heavy atom. The molecule has 0 amide bonds. The number of nitrogens with one attached hydrogen (secondary N) is 2.